The van der Waals surface area contributed by atoms with Gasteiger partial charge in [0.2, 0.25) is 5.91 Å². The molecular formula is C15H25NO2. The van der Waals surface area contributed by atoms with Crippen LogP contribution in [0.3, 0.4) is 0 Å². The lowest BCUT2D eigenvalue weighted by atomic mass is 9.77. The molecule has 0 aromatic heterocycles. The maximum Gasteiger partial charge on any atom is 0.228 e. The van der Waals surface area contributed by atoms with Gasteiger partial charge >= 0.3 is 0 Å². The molecule has 3 nitrogen and oxygen atoms in total. The second-order valence-electron chi connectivity index (χ2n) is 6.42. The van der Waals surface area contributed by atoms with E-state index in [1.54, 1.807) is 0 Å². The topological polar surface area (TPSA) is 37.4 Å². The molecule has 1 aliphatic carbocycles. The zero-order valence-corrected chi connectivity index (χ0v) is 11.7. The maximum atomic E-state index is 12.8. The first-order valence-corrected chi connectivity index (χ1v) is 7.35. The molecule has 0 atom stereocenters. The molecular weight excluding hydrogens is 226 g/mol. The van der Waals surface area contributed by atoms with Crippen molar-refractivity contribution in [3.8, 4) is 0 Å². The highest BCUT2D eigenvalue weighted by Gasteiger charge is 2.44. The van der Waals surface area contributed by atoms with Gasteiger partial charge in [-0.2, -0.15) is 0 Å². The van der Waals surface area contributed by atoms with Gasteiger partial charge in [0.1, 0.15) is 5.78 Å². The van der Waals surface area contributed by atoms with Gasteiger partial charge in [-0.1, -0.05) is 26.7 Å². The van der Waals surface area contributed by atoms with Crippen LogP contribution < -0.4 is 0 Å². The molecule has 1 saturated carbocycles. The number of hydrogen-bond acceptors (Lipinski definition) is 2. The number of Topliss-reactive ketones (excluding diaryl/α,β-unsaturated/α-hetero) is 1. The predicted molar refractivity (Wildman–Crippen MR) is 71.2 cm³/mol. The Kier molecular flexibility index (Phi) is 4.08. The zero-order chi connectivity index (χ0) is 13.2. The van der Waals surface area contributed by atoms with Crippen LogP contribution in [0.25, 0.3) is 0 Å². The molecule has 2 fully saturated rings. The lowest BCUT2D eigenvalue weighted by molar-refractivity contribution is -0.145. The minimum absolute atomic E-state index is 0.103. The molecule has 0 bridgehead atoms. The van der Waals surface area contributed by atoms with E-state index in [2.05, 4.69) is 13.8 Å². The average Bonchev–Trinajstić information content (AvgIpc) is 2.78. The Bertz CT molecular complexity index is 319. The Labute approximate surface area is 110 Å². The van der Waals surface area contributed by atoms with Gasteiger partial charge in [-0.15, -0.1) is 0 Å². The molecule has 0 aromatic rings. The van der Waals surface area contributed by atoms with Crippen molar-refractivity contribution in [2.45, 2.75) is 58.8 Å². The summed E-state index contributed by atoms with van der Waals surface area (Å²) in [7, 11) is 0. The van der Waals surface area contributed by atoms with Crippen molar-refractivity contribution in [2.24, 2.45) is 11.3 Å². The molecule has 0 N–H and O–H groups in total. The standard InChI is InChI=1S/C15H25NO2/c1-12(2)11-15(7-3-4-8-15)14(18)16-9-5-13(17)6-10-16/h12H,3-11H2,1-2H3. The van der Waals surface area contributed by atoms with Gasteiger partial charge < -0.3 is 4.90 Å². The summed E-state index contributed by atoms with van der Waals surface area (Å²) in [5, 5.41) is 0. The smallest absolute Gasteiger partial charge is 0.228 e. The van der Waals surface area contributed by atoms with E-state index in [0.717, 1.165) is 19.3 Å². The van der Waals surface area contributed by atoms with Crippen LogP contribution in [-0.2, 0) is 9.59 Å². The largest absolute Gasteiger partial charge is 0.341 e. The zero-order valence-electron chi connectivity index (χ0n) is 11.7. The molecule has 3 heteroatoms. The van der Waals surface area contributed by atoms with Crippen LogP contribution in [0.5, 0.6) is 0 Å². The van der Waals surface area contributed by atoms with Gasteiger partial charge in [0.25, 0.3) is 0 Å². The summed E-state index contributed by atoms with van der Waals surface area (Å²) in [6.45, 7) is 5.70. The van der Waals surface area contributed by atoms with Crippen molar-refractivity contribution in [1.29, 1.82) is 0 Å². The minimum atomic E-state index is -0.103. The molecule has 1 amide bonds. The summed E-state index contributed by atoms with van der Waals surface area (Å²) in [6, 6.07) is 0. The summed E-state index contributed by atoms with van der Waals surface area (Å²) >= 11 is 0. The van der Waals surface area contributed by atoms with E-state index < -0.39 is 0 Å². The van der Waals surface area contributed by atoms with Gasteiger partial charge in [-0.05, 0) is 25.2 Å². The van der Waals surface area contributed by atoms with E-state index in [4.69, 9.17) is 0 Å². The average molecular weight is 251 g/mol. The predicted octanol–water partition coefficient (Wildman–Crippen LogP) is 2.78. The first kappa shape index (κ1) is 13.6. The van der Waals surface area contributed by atoms with Gasteiger partial charge in [-0.25, -0.2) is 0 Å². The van der Waals surface area contributed by atoms with Crippen molar-refractivity contribution in [2.75, 3.05) is 13.1 Å². The van der Waals surface area contributed by atoms with Gasteiger partial charge in [0.05, 0.1) is 0 Å². The number of nitrogens with zero attached hydrogens (tertiary/aromatic N) is 1. The second kappa shape index (κ2) is 5.41. The van der Waals surface area contributed by atoms with E-state index in [9.17, 15) is 9.59 Å². The molecule has 1 heterocycles. The van der Waals surface area contributed by atoms with Crippen LogP contribution in [0, 0.1) is 11.3 Å². The highest BCUT2D eigenvalue weighted by Crippen LogP contribution is 2.44. The minimum Gasteiger partial charge on any atom is -0.341 e. The van der Waals surface area contributed by atoms with Crippen molar-refractivity contribution >= 4 is 11.7 Å². The molecule has 0 aromatic carbocycles. The first-order chi connectivity index (χ1) is 8.53. The Hall–Kier alpha value is -0.860. The summed E-state index contributed by atoms with van der Waals surface area (Å²) in [5.41, 5.74) is -0.103. The maximum absolute atomic E-state index is 12.8. The molecule has 0 radical (unpaired) electrons. The Balaban J connectivity index is 2.06. The van der Waals surface area contributed by atoms with Crippen molar-refractivity contribution in [3.63, 3.8) is 0 Å². The molecule has 1 saturated heterocycles. The van der Waals surface area contributed by atoms with Crippen molar-refractivity contribution in [3.05, 3.63) is 0 Å². The summed E-state index contributed by atoms with van der Waals surface area (Å²) in [5.74, 6) is 1.21. The second-order valence-corrected chi connectivity index (χ2v) is 6.42. The fourth-order valence-electron chi connectivity index (χ4n) is 3.63. The molecule has 0 spiro atoms. The molecule has 18 heavy (non-hydrogen) atoms. The van der Waals surface area contributed by atoms with E-state index in [0.29, 0.717) is 43.5 Å². The summed E-state index contributed by atoms with van der Waals surface area (Å²) in [6.07, 6.45) is 6.60. The number of amides is 1. The monoisotopic (exact) mass is 251 g/mol. The van der Waals surface area contributed by atoms with Gasteiger partial charge in [0, 0.05) is 31.3 Å². The number of hydrogen-bond donors (Lipinski definition) is 0. The third-order valence-electron chi connectivity index (χ3n) is 4.42. The molecule has 0 unspecified atom stereocenters. The highest BCUT2D eigenvalue weighted by molar-refractivity contribution is 5.86. The van der Waals surface area contributed by atoms with E-state index >= 15 is 0 Å². The van der Waals surface area contributed by atoms with Crippen molar-refractivity contribution < 1.29 is 9.59 Å². The van der Waals surface area contributed by atoms with Crippen LogP contribution in [0.4, 0.5) is 0 Å². The number of likely N-dealkylation sites (tertiary alicyclic amines) is 1. The fraction of sp³-hybridized carbons (Fsp3) is 0.867. The van der Waals surface area contributed by atoms with Crippen LogP contribution in [-0.4, -0.2) is 29.7 Å². The first-order valence-electron chi connectivity index (χ1n) is 7.35. The van der Waals surface area contributed by atoms with E-state index in [1.807, 2.05) is 4.90 Å². The lowest BCUT2D eigenvalue weighted by Gasteiger charge is -2.37. The van der Waals surface area contributed by atoms with Crippen molar-refractivity contribution in [1.82, 2.24) is 4.90 Å². The number of piperidine rings is 1. The normalized spacial score (nSPS) is 23.7. The lowest BCUT2D eigenvalue weighted by Crippen LogP contribution is -2.47. The number of carbonyl (C=O) groups excluding carboxylic acids is 2. The highest BCUT2D eigenvalue weighted by atomic mass is 16.2. The number of carbonyl (C=O) groups is 2. The number of rotatable bonds is 3. The Morgan fingerprint density at radius 1 is 1.22 bits per heavy atom. The molecule has 2 aliphatic rings. The number of ketones is 1. The van der Waals surface area contributed by atoms with Gasteiger partial charge in [-0.3, -0.25) is 9.59 Å². The quantitative estimate of drug-likeness (QED) is 0.773. The third kappa shape index (κ3) is 2.76. The van der Waals surface area contributed by atoms with Crippen LogP contribution >= 0.6 is 0 Å². The summed E-state index contributed by atoms with van der Waals surface area (Å²) in [4.78, 5) is 26.0. The van der Waals surface area contributed by atoms with Gasteiger partial charge in [0.15, 0.2) is 0 Å². The van der Waals surface area contributed by atoms with Crippen LogP contribution in [0.2, 0.25) is 0 Å². The molecule has 2 rings (SSSR count). The van der Waals surface area contributed by atoms with E-state index in [-0.39, 0.29) is 5.41 Å². The fourth-order valence-corrected chi connectivity index (χ4v) is 3.63. The van der Waals surface area contributed by atoms with Crippen LogP contribution in [0.1, 0.15) is 58.8 Å². The van der Waals surface area contributed by atoms with E-state index in [1.165, 1.54) is 12.8 Å². The third-order valence-corrected chi connectivity index (χ3v) is 4.42. The Morgan fingerprint density at radius 3 is 2.28 bits per heavy atom. The van der Waals surface area contributed by atoms with Crippen LogP contribution in [0.15, 0.2) is 0 Å². The SMILES string of the molecule is CC(C)CC1(C(=O)N2CCC(=O)CC2)CCCC1. The Morgan fingerprint density at radius 2 is 1.78 bits per heavy atom. The summed E-state index contributed by atoms with van der Waals surface area (Å²) < 4.78 is 0. The molecule has 1 aliphatic heterocycles. The molecule has 102 valence electrons.